The van der Waals surface area contributed by atoms with Crippen molar-refractivity contribution in [3.63, 3.8) is 0 Å². The van der Waals surface area contributed by atoms with Gasteiger partial charge >= 0.3 is 0 Å². The Balaban J connectivity index is 1.13. The average molecular weight is 700 g/mol. The normalized spacial score (nSPS) is 10.9. The Labute approximate surface area is 265 Å². The van der Waals surface area contributed by atoms with Crippen molar-refractivity contribution in [2.75, 3.05) is 53.9 Å². The Morgan fingerprint density at radius 1 is 0.452 bits per heavy atom. The summed E-state index contributed by atoms with van der Waals surface area (Å²) in [5, 5.41) is 0. The minimum atomic E-state index is 0.454. The fraction of sp³-hybridized carbons (Fsp3) is 0.294. The van der Waals surface area contributed by atoms with Crippen molar-refractivity contribution in [3.8, 4) is 23.0 Å². The smallest absolute Gasteiger partial charge is 0.136 e. The van der Waals surface area contributed by atoms with Gasteiger partial charge in [0.2, 0.25) is 0 Å². The first-order chi connectivity index (χ1) is 20.6. The van der Waals surface area contributed by atoms with Crippen LogP contribution in [0, 0.1) is 0 Å². The highest BCUT2D eigenvalue weighted by Gasteiger charge is 2.12. The van der Waals surface area contributed by atoms with E-state index in [0.717, 1.165) is 54.2 Å². The van der Waals surface area contributed by atoms with Gasteiger partial charge in [0.1, 0.15) is 36.2 Å². The lowest BCUT2D eigenvalue weighted by Crippen LogP contribution is -2.14. The topological polar surface area (TPSA) is 55.4 Å². The van der Waals surface area contributed by atoms with Crippen LogP contribution in [0.1, 0.15) is 22.3 Å². The van der Waals surface area contributed by atoms with Crippen molar-refractivity contribution in [2.45, 2.75) is 12.8 Å². The zero-order valence-electron chi connectivity index (χ0n) is 23.9. The highest BCUT2D eigenvalue weighted by atomic mass is 79.9. The standard InChI is InChI=1S/C34H36Br2O6/c1-37-33-27(11-7-13-29(33)35)23-25-9-3-5-15-31(25)41-21-19-39-17-18-40-20-22-42-32-16-6-4-10-26(32)24-28-12-8-14-30(36)34(28)38-2/h3-16H,17-24H2,1-2H3. The SMILES string of the molecule is COc1c(Br)cccc1Cc1ccccc1OCCOCCOCCOc1ccccc1Cc1cccc(Br)c1OC. The number of hydrogen-bond donors (Lipinski definition) is 0. The second-order valence-corrected chi connectivity index (χ2v) is 11.1. The Morgan fingerprint density at radius 2 is 0.833 bits per heavy atom. The van der Waals surface area contributed by atoms with E-state index in [1.54, 1.807) is 14.2 Å². The fourth-order valence-corrected chi connectivity index (χ4v) is 5.72. The summed E-state index contributed by atoms with van der Waals surface area (Å²) >= 11 is 7.12. The zero-order chi connectivity index (χ0) is 29.6. The Kier molecular flexibility index (Phi) is 13.0. The molecular formula is C34H36Br2O6. The van der Waals surface area contributed by atoms with E-state index in [2.05, 4.69) is 56.1 Å². The first kappa shape index (κ1) is 31.9. The first-order valence-corrected chi connectivity index (χ1v) is 15.4. The zero-order valence-corrected chi connectivity index (χ0v) is 27.1. The molecule has 0 atom stereocenters. The molecule has 0 aliphatic heterocycles. The maximum Gasteiger partial charge on any atom is 0.136 e. The van der Waals surface area contributed by atoms with Gasteiger partial charge in [0.15, 0.2) is 0 Å². The van der Waals surface area contributed by atoms with Gasteiger partial charge in [0.25, 0.3) is 0 Å². The van der Waals surface area contributed by atoms with E-state index >= 15 is 0 Å². The van der Waals surface area contributed by atoms with Crippen molar-refractivity contribution in [1.82, 2.24) is 0 Å². The van der Waals surface area contributed by atoms with Crippen molar-refractivity contribution in [2.24, 2.45) is 0 Å². The van der Waals surface area contributed by atoms with E-state index in [1.807, 2.05) is 60.7 Å². The lowest BCUT2D eigenvalue weighted by molar-refractivity contribution is 0.0272. The summed E-state index contributed by atoms with van der Waals surface area (Å²) in [6.45, 7) is 2.82. The molecule has 6 nitrogen and oxygen atoms in total. The Bertz CT molecular complexity index is 1300. The van der Waals surface area contributed by atoms with Gasteiger partial charge in [-0.2, -0.15) is 0 Å². The number of para-hydroxylation sites is 4. The van der Waals surface area contributed by atoms with E-state index in [1.165, 1.54) is 0 Å². The van der Waals surface area contributed by atoms with Gasteiger partial charge in [-0.25, -0.2) is 0 Å². The minimum absolute atomic E-state index is 0.454. The van der Waals surface area contributed by atoms with Gasteiger partial charge in [-0.05, 0) is 78.4 Å². The molecule has 0 N–H and O–H groups in total. The van der Waals surface area contributed by atoms with Crippen LogP contribution < -0.4 is 18.9 Å². The third-order valence-electron chi connectivity index (χ3n) is 6.55. The average Bonchev–Trinajstić information content (AvgIpc) is 3.00. The van der Waals surface area contributed by atoms with Crippen LogP contribution in [0.25, 0.3) is 0 Å². The van der Waals surface area contributed by atoms with E-state index < -0.39 is 0 Å². The number of benzene rings is 4. The third-order valence-corrected chi connectivity index (χ3v) is 7.80. The van der Waals surface area contributed by atoms with Crippen LogP contribution in [-0.4, -0.2) is 53.9 Å². The van der Waals surface area contributed by atoms with Crippen molar-refractivity contribution in [1.29, 1.82) is 0 Å². The summed E-state index contributed by atoms with van der Waals surface area (Å²) in [7, 11) is 3.37. The molecule has 8 heteroatoms. The fourth-order valence-electron chi connectivity index (χ4n) is 4.58. The van der Waals surface area contributed by atoms with Gasteiger partial charge in [0, 0.05) is 12.8 Å². The molecule has 0 bridgehead atoms. The highest BCUT2D eigenvalue weighted by molar-refractivity contribution is 9.10. The summed E-state index contributed by atoms with van der Waals surface area (Å²) in [4.78, 5) is 0. The summed E-state index contributed by atoms with van der Waals surface area (Å²) in [5.41, 5.74) is 4.37. The molecule has 4 aromatic carbocycles. The molecule has 4 rings (SSSR count). The highest BCUT2D eigenvalue weighted by Crippen LogP contribution is 2.33. The van der Waals surface area contributed by atoms with E-state index in [-0.39, 0.29) is 0 Å². The predicted molar refractivity (Wildman–Crippen MR) is 173 cm³/mol. The molecule has 0 radical (unpaired) electrons. The summed E-state index contributed by atoms with van der Waals surface area (Å²) in [6, 6.07) is 28.2. The first-order valence-electron chi connectivity index (χ1n) is 13.8. The molecule has 0 fully saturated rings. The molecular weight excluding hydrogens is 664 g/mol. The third kappa shape index (κ3) is 9.23. The molecule has 0 saturated heterocycles. The summed E-state index contributed by atoms with van der Waals surface area (Å²) in [6.07, 6.45) is 1.41. The number of methoxy groups -OCH3 is 2. The van der Waals surface area contributed by atoms with Crippen molar-refractivity contribution in [3.05, 3.63) is 116 Å². The molecule has 0 unspecified atom stereocenters. The number of halogens is 2. The monoisotopic (exact) mass is 698 g/mol. The summed E-state index contributed by atoms with van der Waals surface area (Å²) < 4.78 is 36.5. The quantitative estimate of drug-likeness (QED) is 0.105. The maximum atomic E-state index is 6.03. The largest absolute Gasteiger partial charge is 0.495 e. The van der Waals surface area contributed by atoms with Crippen LogP contribution in [-0.2, 0) is 22.3 Å². The predicted octanol–water partition coefficient (Wildman–Crippen LogP) is 7.90. The van der Waals surface area contributed by atoms with Crippen LogP contribution in [0.3, 0.4) is 0 Å². The van der Waals surface area contributed by atoms with Gasteiger partial charge in [-0.3, -0.25) is 0 Å². The molecule has 0 amide bonds. The van der Waals surface area contributed by atoms with Crippen LogP contribution in [0.15, 0.2) is 93.9 Å². The Hall–Kier alpha value is -3.04. The van der Waals surface area contributed by atoms with Crippen LogP contribution in [0.5, 0.6) is 23.0 Å². The molecule has 0 aromatic heterocycles. The molecule has 0 spiro atoms. The minimum Gasteiger partial charge on any atom is -0.495 e. The second kappa shape index (κ2) is 17.2. The number of rotatable bonds is 17. The van der Waals surface area contributed by atoms with Crippen LogP contribution in [0.2, 0.25) is 0 Å². The molecule has 4 aromatic rings. The van der Waals surface area contributed by atoms with Gasteiger partial charge in [0.05, 0.1) is 49.6 Å². The van der Waals surface area contributed by atoms with Gasteiger partial charge in [-0.1, -0.05) is 60.7 Å². The molecule has 0 aliphatic rings. The maximum absolute atomic E-state index is 6.03. The molecule has 222 valence electrons. The Morgan fingerprint density at radius 3 is 1.26 bits per heavy atom. The number of ether oxygens (including phenoxy) is 6. The van der Waals surface area contributed by atoms with Crippen LogP contribution in [0.4, 0.5) is 0 Å². The van der Waals surface area contributed by atoms with Crippen LogP contribution >= 0.6 is 31.9 Å². The molecule has 42 heavy (non-hydrogen) atoms. The van der Waals surface area contributed by atoms with E-state index in [9.17, 15) is 0 Å². The summed E-state index contributed by atoms with van der Waals surface area (Å²) in [5.74, 6) is 3.36. The van der Waals surface area contributed by atoms with E-state index in [4.69, 9.17) is 28.4 Å². The van der Waals surface area contributed by atoms with Gasteiger partial charge in [-0.15, -0.1) is 0 Å². The lowest BCUT2D eigenvalue weighted by atomic mass is 10.0. The van der Waals surface area contributed by atoms with Gasteiger partial charge < -0.3 is 28.4 Å². The molecule has 0 saturated carbocycles. The van der Waals surface area contributed by atoms with Crippen molar-refractivity contribution < 1.29 is 28.4 Å². The number of hydrogen-bond acceptors (Lipinski definition) is 6. The molecule has 0 heterocycles. The lowest BCUT2D eigenvalue weighted by Gasteiger charge is -2.15. The van der Waals surface area contributed by atoms with Crippen molar-refractivity contribution >= 4 is 31.9 Å². The van der Waals surface area contributed by atoms with E-state index in [0.29, 0.717) is 52.5 Å². The molecule has 0 aliphatic carbocycles. The second-order valence-electron chi connectivity index (χ2n) is 9.36.